The third-order valence-electron chi connectivity index (χ3n) is 2.65. The molecule has 0 aromatic carbocycles. The fourth-order valence-electron chi connectivity index (χ4n) is 1.70. The van der Waals surface area contributed by atoms with Crippen LogP contribution in [0.1, 0.15) is 28.0 Å². The second-order valence-corrected chi connectivity index (χ2v) is 5.35. The van der Waals surface area contributed by atoms with Gasteiger partial charge in [-0.1, -0.05) is 6.07 Å². The van der Waals surface area contributed by atoms with Crippen molar-refractivity contribution < 1.29 is 9.53 Å². The first-order valence-corrected chi connectivity index (χ1v) is 7.30. The molecule has 0 fully saturated rings. The summed E-state index contributed by atoms with van der Waals surface area (Å²) in [4.78, 5) is 21.0. The molecule has 2 heterocycles. The largest absolute Gasteiger partial charge is 0.461 e. The lowest BCUT2D eigenvalue weighted by atomic mass is 10.3. The summed E-state index contributed by atoms with van der Waals surface area (Å²) in [5, 5.41) is 3.95. The van der Waals surface area contributed by atoms with E-state index in [2.05, 4.69) is 15.3 Å². The Kier molecular flexibility index (Phi) is 5.06. The van der Waals surface area contributed by atoms with Gasteiger partial charge in [-0.05, 0) is 26.0 Å². The average Bonchev–Trinajstić information content (AvgIpc) is 2.81. The van der Waals surface area contributed by atoms with Crippen LogP contribution in [0.3, 0.4) is 0 Å². The summed E-state index contributed by atoms with van der Waals surface area (Å²) in [7, 11) is 0. The van der Waals surface area contributed by atoms with Crippen molar-refractivity contribution in [2.24, 2.45) is 0 Å². The number of aryl methyl sites for hydroxylation is 1. The Morgan fingerprint density at radius 1 is 1.45 bits per heavy atom. The number of nitrogens with one attached hydrogen (secondary N) is 1. The van der Waals surface area contributed by atoms with E-state index in [1.165, 1.54) is 11.3 Å². The number of aromatic nitrogens is 2. The van der Waals surface area contributed by atoms with Gasteiger partial charge in [-0.25, -0.2) is 9.78 Å². The van der Waals surface area contributed by atoms with Crippen LogP contribution in [0.2, 0.25) is 0 Å². The second-order valence-electron chi connectivity index (χ2n) is 4.14. The highest BCUT2D eigenvalue weighted by Gasteiger charge is 2.16. The van der Waals surface area contributed by atoms with Crippen LogP contribution in [-0.2, 0) is 11.2 Å². The Bertz CT molecular complexity index is 569. The lowest BCUT2D eigenvalue weighted by Crippen LogP contribution is -2.08. The normalized spacial score (nSPS) is 10.3. The maximum absolute atomic E-state index is 11.7. The van der Waals surface area contributed by atoms with Gasteiger partial charge in [0.15, 0.2) is 10.8 Å². The molecule has 0 spiro atoms. The number of nitrogens with zero attached hydrogens (tertiary/aromatic N) is 2. The molecule has 0 saturated heterocycles. The molecule has 2 aromatic rings. The van der Waals surface area contributed by atoms with Gasteiger partial charge in [0, 0.05) is 29.7 Å². The summed E-state index contributed by atoms with van der Waals surface area (Å²) in [5.41, 5.74) is 1.43. The lowest BCUT2D eigenvalue weighted by Gasteiger charge is -2.01. The molecule has 6 heteroatoms. The zero-order chi connectivity index (χ0) is 14.4. The van der Waals surface area contributed by atoms with Crippen molar-refractivity contribution in [1.29, 1.82) is 0 Å². The number of ether oxygens (including phenoxy) is 1. The first kappa shape index (κ1) is 14.5. The minimum atomic E-state index is -0.362. The van der Waals surface area contributed by atoms with Crippen LogP contribution in [0, 0.1) is 6.92 Å². The fraction of sp³-hybridized carbons (Fsp3) is 0.357. The Morgan fingerprint density at radius 3 is 3.00 bits per heavy atom. The molecule has 0 aliphatic heterocycles. The number of hydrogen-bond acceptors (Lipinski definition) is 6. The van der Waals surface area contributed by atoms with E-state index in [0.717, 1.165) is 28.7 Å². The molecule has 2 aromatic heterocycles. The maximum Gasteiger partial charge on any atom is 0.358 e. The van der Waals surface area contributed by atoms with Crippen LogP contribution in [-0.4, -0.2) is 29.1 Å². The molecule has 0 bridgehead atoms. The molecule has 5 nitrogen and oxygen atoms in total. The van der Waals surface area contributed by atoms with Gasteiger partial charge >= 0.3 is 5.97 Å². The summed E-state index contributed by atoms with van der Waals surface area (Å²) in [6.07, 6.45) is 2.59. The van der Waals surface area contributed by atoms with Crippen molar-refractivity contribution in [3.05, 3.63) is 40.7 Å². The van der Waals surface area contributed by atoms with Crippen molar-refractivity contribution in [1.82, 2.24) is 9.97 Å². The van der Waals surface area contributed by atoms with Crippen LogP contribution in [0.25, 0.3) is 0 Å². The molecular weight excluding hydrogens is 274 g/mol. The topological polar surface area (TPSA) is 64.1 Å². The van der Waals surface area contributed by atoms with E-state index < -0.39 is 0 Å². The third-order valence-corrected chi connectivity index (χ3v) is 3.58. The molecule has 106 valence electrons. The highest BCUT2D eigenvalue weighted by Crippen LogP contribution is 2.22. The molecule has 0 atom stereocenters. The first-order chi connectivity index (χ1) is 9.70. The van der Waals surface area contributed by atoms with Crippen molar-refractivity contribution in [3.63, 3.8) is 0 Å². The van der Waals surface area contributed by atoms with E-state index in [0.29, 0.717) is 12.3 Å². The number of hydrogen-bond donors (Lipinski definition) is 1. The summed E-state index contributed by atoms with van der Waals surface area (Å²) < 4.78 is 4.96. The van der Waals surface area contributed by atoms with E-state index in [1.807, 2.05) is 25.1 Å². The third kappa shape index (κ3) is 3.77. The smallest absolute Gasteiger partial charge is 0.358 e. The first-order valence-electron chi connectivity index (χ1n) is 6.49. The average molecular weight is 291 g/mol. The van der Waals surface area contributed by atoms with Crippen LogP contribution < -0.4 is 5.32 Å². The Labute approximate surface area is 122 Å². The Balaban J connectivity index is 1.91. The summed E-state index contributed by atoms with van der Waals surface area (Å²) in [6, 6.07) is 5.85. The number of carbonyl (C=O) groups excluding carboxylic acids is 1. The Hall–Kier alpha value is -1.95. The van der Waals surface area contributed by atoms with Gasteiger partial charge in [-0.15, -0.1) is 11.3 Å². The highest BCUT2D eigenvalue weighted by atomic mass is 32.1. The number of pyridine rings is 1. The number of rotatable bonds is 6. The van der Waals surface area contributed by atoms with Gasteiger partial charge in [0.2, 0.25) is 0 Å². The van der Waals surface area contributed by atoms with Crippen molar-refractivity contribution >= 4 is 22.4 Å². The Morgan fingerprint density at radius 2 is 2.30 bits per heavy atom. The molecule has 0 unspecified atom stereocenters. The zero-order valence-corrected chi connectivity index (χ0v) is 12.4. The van der Waals surface area contributed by atoms with E-state index in [9.17, 15) is 4.79 Å². The minimum Gasteiger partial charge on any atom is -0.461 e. The molecular formula is C14H17N3O2S. The SMILES string of the molecule is CCOC(=O)c1nc(NCCc2ccccn2)sc1C. The van der Waals surface area contributed by atoms with Crippen molar-refractivity contribution in [3.8, 4) is 0 Å². The van der Waals surface area contributed by atoms with Crippen LogP contribution in [0.5, 0.6) is 0 Å². The van der Waals surface area contributed by atoms with Crippen molar-refractivity contribution in [2.75, 3.05) is 18.5 Å². The van der Waals surface area contributed by atoms with Gasteiger partial charge in [0.05, 0.1) is 6.61 Å². The predicted octanol–water partition coefficient (Wildman–Crippen LogP) is 2.68. The van der Waals surface area contributed by atoms with Crippen LogP contribution in [0.15, 0.2) is 24.4 Å². The number of anilines is 1. The van der Waals surface area contributed by atoms with E-state index in [1.54, 1.807) is 13.1 Å². The van der Waals surface area contributed by atoms with Crippen LogP contribution in [0.4, 0.5) is 5.13 Å². The lowest BCUT2D eigenvalue weighted by molar-refractivity contribution is 0.0519. The molecule has 0 aliphatic carbocycles. The van der Waals surface area contributed by atoms with Crippen molar-refractivity contribution in [2.45, 2.75) is 20.3 Å². The summed E-state index contributed by atoms with van der Waals surface area (Å²) in [6.45, 7) is 4.74. The van der Waals surface area contributed by atoms with E-state index in [4.69, 9.17) is 4.74 Å². The van der Waals surface area contributed by atoms with Gasteiger partial charge < -0.3 is 10.1 Å². The molecule has 0 aliphatic rings. The zero-order valence-electron chi connectivity index (χ0n) is 11.5. The monoisotopic (exact) mass is 291 g/mol. The number of thiazole rings is 1. The number of esters is 1. The standard InChI is InChI=1S/C14H17N3O2S/c1-3-19-13(18)12-10(2)20-14(17-12)16-9-7-11-6-4-5-8-15-11/h4-6,8H,3,7,9H2,1-2H3,(H,16,17). The van der Waals surface area contributed by atoms with Gasteiger partial charge in [-0.3, -0.25) is 4.98 Å². The minimum absolute atomic E-state index is 0.359. The van der Waals surface area contributed by atoms with E-state index >= 15 is 0 Å². The van der Waals surface area contributed by atoms with E-state index in [-0.39, 0.29) is 5.97 Å². The summed E-state index contributed by atoms with van der Waals surface area (Å²) in [5.74, 6) is -0.362. The maximum atomic E-state index is 11.7. The van der Waals surface area contributed by atoms with Gasteiger partial charge in [0.25, 0.3) is 0 Å². The molecule has 0 amide bonds. The molecule has 1 N–H and O–H groups in total. The highest BCUT2D eigenvalue weighted by molar-refractivity contribution is 7.15. The van der Waals surface area contributed by atoms with Gasteiger partial charge in [-0.2, -0.15) is 0 Å². The summed E-state index contributed by atoms with van der Waals surface area (Å²) >= 11 is 1.46. The predicted molar refractivity (Wildman–Crippen MR) is 79.2 cm³/mol. The molecule has 2 rings (SSSR count). The fourth-order valence-corrected chi connectivity index (χ4v) is 2.53. The molecule has 20 heavy (non-hydrogen) atoms. The quantitative estimate of drug-likeness (QED) is 0.829. The molecule has 0 radical (unpaired) electrons. The van der Waals surface area contributed by atoms with Gasteiger partial charge in [0.1, 0.15) is 0 Å². The second kappa shape index (κ2) is 7.00. The molecule has 0 saturated carbocycles. The number of carbonyl (C=O) groups is 1. The van der Waals surface area contributed by atoms with Crippen LogP contribution >= 0.6 is 11.3 Å².